The van der Waals surface area contributed by atoms with E-state index in [-0.39, 0.29) is 5.54 Å². The Morgan fingerprint density at radius 3 is 2.70 bits per heavy atom. The normalized spacial score (nSPS) is 13.6. The number of aromatic amines is 1. The molecule has 0 saturated carbocycles. The molecule has 3 heterocycles. The molecule has 0 aliphatic carbocycles. The summed E-state index contributed by atoms with van der Waals surface area (Å²) in [7, 11) is 0. The molecule has 1 atom stereocenters. The van der Waals surface area contributed by atoms with Gasteiger partial charge in [-0.1, -0.05) is 12.1 Å². The van der Waals surface area contributed by atoms with Gasteiger partial charge in [-0.2, -0.15) is 5.10 Å². The Labute approximate surface area is 171 Å². The van der Waals surface area contributed by atoms with Crippen molar-refractivity contribution >= 4 is 27.8 Å². The summed E-state index contributed by atoms with van der Waals surface area (Å²) in [6.45, 7) is 5.47. The molecule has 1 unspecified atom stereocenters. The molecular weight excluding hydrogens is 392 g/mol. The predicted octanol–water partition coefficient (Wildman–Crippen LogP) is 3.16. The number of rotatable bonds is 5. The van der Waals surface area contributed by atoms with Crippen molar-refractivity contribution in [3.8, 4) is 11.3 Å². The maximum Gasteiger partial charge on any atom is 0.250 e. The summed E-state index contributed by atoms with van der Waals surface area (Å²) in [5, 5.41) is 18.7. The lowest BCUT2D eigenvalue weighted by atomic mass is 10.1. The number of aliphatic hydroxyl groups excluding tert-OH is 1. The van der Waals surface area contributed by atoms with Crippen LogP contribution in [0, 0.1) is 0 Å². The van der Waals surface area contributed by atoms with Crippen LogP contribution in [0.3, 0.4) is 0 Å². The van der Waals surface area contributed by atoms with E-state index in [1.54, 1.807) is 6.07 Å². The van der Waals surface area contributed by atoms with Crippen LogP contribution in [0.2, 0.25) is 0 Å². The summed E-state index contributed by atoms with van der Waals surface area (Å²) in [4.78, 5) is 11.6. The van der Waals surface area contributed by atoms with Crippen LogP contribution in [0.1, 0.15) is 32.7 Å². The molecule has 0 radical (unpaired) electrons. The maximum absolute atomic E-state index is 12.4. The maximum atomic E-state index is 12.4. The summed E-state index contributed by atoms with van der Waals surface area (Å²) in [6, 6.07) is 7.35. The van der Waals surface area contributed by atoms with Gasteiger partial charge in [0.05, 0.1) is 23.2 Å². The Balaban J connectivity index is 1.80. The van der Waals surface area contributed by atoms with Crippen LogP contribution in [-0.4, -0.2) is 42.8 Å². The highest BCUT2D eigenvalue weighted by Crippen LogP contribution is 2.34. The van der Waals surface area contributed by atoms with E-state index in [4.69, 9.17) is 10.8 Å². The molecule has 10 heteroatoms. The molecule has 0 saturated heterocycles. The number of halogens is 2. The highest BCUT2D eigenvalue weighted by molar-refractivity contribution is 6.00. The summed E-state index contributed by atoms with van der Waals surface area (Å²) >= 11 is 0. The number of hydrogen-bond acceptors (Lipinski definition) is 6. The first-order valence-electron chi connectivity index (χ1n) is 9.47. The number of nitrogens with zero attached hydrogens (tertiary/aromatic N) is 4. The minimum atomic E-state index is -2.55. The summed E-state index contributed by atoms with van der Waals surface area (Å²) < 4.78 is 26.6. The highest BCUT2D eigenvalue weighted by atomic mass is 19.3. The number of benzene rings is 1. The van der Waals surface area contributed by atoms with Crippen molar-refractivity contribution in [3.05, 3.63) is 36.3 Å². The number of nitrogens with one attached hydrogen (secondary N) is 2. The Kier molecular flexibility index (Phi) is 4.91. The Morgan fingerprint density at radius 1 is 1.23 bits per heavy atom. The first-order chi connectivity index (χ1) is 14.1. The fourth-order valence-electron chi connectivity index (χ4n) is 3.40. The molecule has 158 valence electrons. The minimum Gasteiger partial charge on any atom is -0.383 e. The molecule has 4 aromatic rings. The van der Waals surface area contributed by atoms with E-state index in [0.717, 1.165) is 16.5 Å². The predicted molar refractivity (Wildman–Crippen MR) is 111 cm³/mol. The number of alkyl halides is 2. The first-order valence-corrected chi connectivity index (χ1v) is 9.47. The smallest absolute Gasteiger partial charge is 0.250 e. The topological polar surface area (TPSA) is 118 Å². The lowest BCUT2D eigenvalue weighted by molar-refractivity contribution is 0.0868. The van der Waals surface area contributed by atoms with E-state index < -0.39 is 19.2 Å². The zero-order valence-corrected chi connectivity index (χ0v) is 16.8. The number of aliphatic hydroxyl groups is 1. The van der Waals surface area contributed by atoms with Crippen LogP contribution in [0.4, 0.5) is 14.6 Å². The highest BCUT2D eigenvalue weighted by Gasteiger charge is 2.24. The monoisotopic (exact) mass is 415 g/mol. The summed E-state index contributed by atoms with van der Waals surface area (Å²) in [6.07, 6.45) is -2.35. The average molecular weight is 415 g/mol. The lowest BCUT2D eigenvalue weighted by Crippen LogP contribution is -2.26. The van der Waals surface area contributed by atoms with Crippen LogP contribution in [-0.2, 0) is 5.54 Å². The van der Waals surface area contributed by atoms with Crippen LogP contribution < -0.4 is 11.1 Å². The fourth-order valence-corrected chi connectivity index (χ4v) is 3.40. The average Bonchev–Trinajstić information content (AvgIpc) is 3.27. The molecule has 8 nitrogen and oxygen atoms in total. The van der Waals surface area contributed by atoms with Gasteiger partial charge in [0.25, 0.3) is 6.43 Å². The molecule has 3 aromatic heterocycles. The summed E-state index contributed by atoms with van der Waals surface area (Å²) in [5.41, 5.74) is 9.04. The van der Waals surface area contributed by atoms with Crippen LogP contribution in [0.5, 0.6) is 0 Å². The van der Waals surface area contributed by atoms with Gasteiger partial charge >= 0.3 is 0 Å². The van der Waals surface area contributed by atoms with Crippen LogP contribution >= 0.6 is 0 Å². The van der Waals surface area contributed by atoms with E-state index >= 15 is 0 Å². The third kappa shape index (κ3) is 3.59. The van der Waals surface area contributed by atoms with Gasteiger partial charge in [-0.15, -0.1) is 0 Å². The van der Waals surface area contributed by atoms with Gasteiger partial charge in [-0.05, 0) is 38.3 Å². The van der Waals surface area contributed by atoms with Gasteiger partial charge in [-0.25, -0.2) is 23.4 Å². The molecule has 0 amide bonds. The van der Waals surface area contributed by atoms with Crippen molar-refractivity contribution in [1.29, 1.82) is 0 Å². The molecule has 0 bridgehead atoms. The number of H-pyrrole nitrogens is 1. The standard InChI is InChI=1S/C20H23F2N7O/c1-20(2,3)29-18-15(17(23)25-9-26-18)16(28-29)11-5-4-10-6-13(27-12(10)7-11)19(30)24-8-14(21)22/h4-7,9,14,19,24,27,30H,8H2,1-3H3,(H2,23,25,26). The number of nitrogens with two attached hydrogens (primary N) is 1. The zero-order chi connectivity index (χ0) is 21.6. The van der Waals surface area contributed by atoms with Crippen molar-refractivity contribution in [2.75, 3.05) is 12.3 Å². The van der Waals surface area contributed by atoms with Gasteiger partial charge in [0.15, 0.2) is 5.65 Å². The second-order valence-electron chi connectivity index (χ2n) is 8.12. The SMILES string of the molecule is CC(C)(C)n1nc(-c2ccc3cc(C(O)NCC(F)F)[nH]c3c2)c2c(N)ncnc21. The number of fused-ring (bicyclic) bond motifs is 2. The minimum absolute atomic E-state index is 0.318. The van der Waals surface area contributed by atoms with Crippen LogP contribution in [0.15, 0.2) is 30.6 Å². The Hall–Kier alpha value is -3.11. The van der Waals surface area contributed by atoms with E-state index in [1.165, 1.54) is 6.33 Å². The van der Waals surface area contributed by atoms with Crippen molar-refractivity contribution < 1.29 is 13.9 Å². The summed E-state index contributed by atoms with van der Waals surface area (Å²) in [5.74, 6) is 0.337. The molecule has 0 spiro atoms. The Morgan fingerprint density at radius 2 is 2.00 bits per heavy atom. The van der Waals surface area contributed by atoms with Gasteiger partial charge in [0, 0.05) is 11.1 Å². The van der Waals surface area contributed by atoms with Gasteiger partial charge < -0.3 is 15.8 Å². The molecule has 0 fully saturated rings. The van der Waals surface area contributed by atoms with Gasteiger partial charge in [0.1, 0.15) is 24.1 Å². The quantitative estimate of drug-likeness (QED) is 0.372. The molecule has 0 aliphatic rings. The molecule has 4 rings (SSSR count). The first kappa shape index (κ1) is 20.2. The van der Waals surface area contributed by atoms with E-state index in [0.29, 0.717) is 28.2 Å². The number of hydrogen-bond donors (Lipinski definition) is 4. The third-order valence-corrected chi connectivity index (χ3v) is 4.81. The van der Waals surface area contributed by atoms with Gasteiger partial charge in [-0.3, -0.25) is 5.32 Å². The molecule has 0 aliphatic heterocycles. The molecule has 5 N–H and O–H groups in total. The largest absolute Gasteiger partial charge is 0.383 e. The number of anilines is 1. The third-order valence-electron chi connectivity index (χ3n) is 4.81. The number of nitrogen functional groups attached to an aromatic ring is 1. The number of aromatic nitrogens is 5. The second-order valence-corrected chi connectivity index (χ2v) is 8.12. The lowest BCUT2D eigenvalue weighted by Gasteiger charge is -2.19. The second kappa shape index (κ2) is 7.29. The molecule has 1 aromatic carbocycles. The Bertz CT molecular complexity index is 1210. The van der Waals surface area contributed by atoms with Crippen molar-refractivity contribution in [3.63, 3.8) is 0 Å². The zero-order valence-electron chi connectivity index (χ0n) is 16.8. The van der Waals surface area contributed by atoms with Crippen molar-refractivity contribution in [1.82, 2.24) is 30.0 Å². The fraction of sp³-hybridized carbons (Fsp3) is 0.350. The van der Waals surface area contributed by atoms with E-state index in [9.17, 15) is 13.9 Å². The van der Waals surface area contributed by atoms with E-state index in [2.05, 4.69) is 20.3 Å². The van der Waals surface area contributed by atoms with Crippen molar-refractivity contribution in [2.45, 2.75) is 39.0 Å². The van der Waals surface area contributed by atoms with E-state index in [1.807, 2.05) is 43.7 Å². The molecular formula is C20H23F2N7O. The van der Waals surface area contributed by atoms with Gasteiger partial charge in [0.2, 0.25) is 0 Å². The van der Waals surface area contributed by atoms with Crippen LogP contribution in [0.25, 0.3) is 33.2 Å². The molecule has 30 heavy (non-hydrogen) atoms. The van der Waals surface area contributed by atoms with Crippen molar-refractivity contribution in [2.24, 2.45) is 0 Å².